The highest BCUT2D eigenvalue weighted by molar-refractivity contribution is 5.26. The summed E-state index contributed by atoms with van der Waals surface area (Å²) in [7, 11) is 1.72. The lowest BCUT2D eigenvalue weighted by atomic mass is 9.78. The van der Waals surface area contributed by atoms with Crippen molar-refractivity contribution in [3.63, 3.8) is 0 Å². The summed E-state index contributed by atoms with van der Waals surface area (Å²) in [5, 5.41) is 14.1. The van der Waals surface area contributed by atoms with Gasteiger partial charge in [0.1, 0.15) is 0 Å². The Hall–Kier alpha value is -0.900. The van der Waals surface area contributed by atoms with Crippen LogP contribution in [0.15, 0.2) is 24.3 Å². The minimum absolute atomic E-state index is 0.512. The Bertz CT molecular complexity index is 425. The predicted octanol–water partition coefficient (Wildman–Crippen LogP) is 3.25. The van der Waals surface area contributed by atoms with Gasteiger partial charge < -0.3 is 15.2 Å². The van der Waals surface area contributed by atoms with Crippen molar-refractivity contribution in [2.24, 2.45) is 5.92 Å². The van der Waals surface area contributed by atoms with Crippen molar-refractivity contribution in [1.29, 1.82) is 0 Å². The maximum Gasteiger partial charge on any atom is 0.0771 e. The fourth-order valence-electron chi connectivity index (χ4n) is 3.26. The summed E-state index contributed by atoms with van der Waals surface area (Å²) >= 11 is 0. The molecule has 2 rings (SSSR count). The Kier molecular flexibility index (Phi) is 6.22. The lowest BCUT2D eigenvalue weighted by Gasteiger charge is -2.36. The number of hydrogen-bond donors (Lipinski definition) is 2. The van der Waals surface area contributed by atoms with E-state index in [9.17, 15) is 5.11 Å². The van der Waals surface area contributed by atoms with Gasteiger partial charge in [0.2, 0.25) is 0 Å². The zero-order valence-electron chi connectivity index (χ0n) is 13.4. The molecule has 0 amide bonds. The first-order chi connectivity index (χ1) is 10.2. The van der Waals surface area contributed by atoms with Crippen molar-refractivity contribution in [3.05, 3.63) is 35.4 Å². The molecule has 0 aliphatic heterocycles. The first-order valence-electron chi connectivity index (χ1n) is 8.15. The van der Waals surface area contributed by atoms with Gasteiger partial charge in [-0.15, -0.1) is 0 Å². The van der Waals surface area contributed by atoms with Crippen LogP contribution in [-0.4, -0.2) is 24.4 Å². The van der Waals surface area contributed by atoms with Crippen LogP contribution in [0.5, 0.6) is 0 Å². The largest absolute Gasteiger partial charge is 0.389 e. The molecular formula is C18H29NO2. The molecule has 1 aliphatic rings. The van der Waals surface area contributed by atoms with Crippen molar-refractivity contribution < 1.29 is 9.84 Å². The molecule has 1 saturated carbocycles. The Morgan fingerprint density at radius 1 is 1.24 bits per heavy atom. The third kappa shape index (κ3) is 4.80. The Morgan fingerprint density at radius 2 is 1.90 bits per heavy atom. The maximum absolute atomic E-state index is 10.6. The molecule has 1 aromatic carbocycles. The third-order valence-corrected chi connectivity index (χ3v) is 4.80. The topological polar surface area (TPSA) is 41.5 Å². The van der Waals surface area contributed by atoms with Crippen molar-refractivity contribution in [2.45, 2.75) is 57.8 Å². The number of hydrogen-bond acceptors (Lipinski definition) is 3. The van der Waals surface area contributed by atoms with E-state index in [2.05, 4.69) is 30.4 Å². The summed E-state index contributed by atoms with van der Waals surface area (Å²) < 4.78 is 5.23. The molecule has 1 aliphatic carbocycles. The van der Waals surface area contributed by atoms with Crippen LogP contribution in [0.3, 0.4) is 0 Å². The van der Waals surface area contributed by atoms with Crippen LogP contribution in [0.25, 0.3) is 0 Å². The van der Waals surface area contributed by atoms with Crippen LogP contribution < -0.4 is 5.32 Å². The fourth-order valence-corrected chi connectivity index (χ4v) is 3.26. The molecule has 0 spiro atoms. The summed E-state index contributed by atoms with van der Waals surface area (Å²) in [5.41, 5.74) is 1.96. The highest BCUT2D eigenvalue weighted by Crippen LogP contribution is 2.33. The van der Waals surface area contributed by atoms with Gasteiger partial charge in [-0.1, -0.05) is 37.6 Å². The summed E-state index contributed by atoms with van der Waals surface area (Å²) in [6, 6.07) is 8.32. The maximum atomic E-state index is 10.6. The van der Waals surface area contributed by atoms with E-state index in [0.29, 0.717) is 13.2 Å². The minimum atomic E-state index is -0.512. The van der Waals surface area contributed by atoms with E-state index < -0.39 is 5.60 Å². The number of aliphatic hydroxyl groups is 1. The SMILES string of the molecule is CCC1CCC(O)(CNCc2ccccc2COC)CC1. The second-order valence-electron chi connectivity index (χ2n) is 6.38. The van der Waals surface area contributed by atoms with Gasteiger partial charge in [0.25, 0.3) is 0 Å². The molecular weight excluding hydrogens is 262 g/mol. The zero-order chi connectivity index (χ0) is 15.1. The molecule has 2 N–H and O–H groups in total. The number of ether oxygens (including phenoxy) is 1. The van der Waals surface area contributed by atoms with E-state index in [-0.39, 0.29) is 0 Å². The first kappa shape index (κ1) is 16.5. The van der Waals surface area contributed by atoms with Gasteiger partial charge in [-0.25, -0.2) is 0 Å². The minimum Gasteiger partial charge on any atom is -0.389 e. The highest BCUT2D eigenvalue weighted by atomic mass is 16.5. The molecule has 0 aromatic heterocycles. The second-order valence-corrected chi connectivity index (χ2v) is 6.38. The fraction of sp³-hybridized carbons (Fsp3) is 0.667. The van der Waals surface area contributed by atoms with Gasteiger partial charge in [0, 0.05) is 20.2 Å². The van der Waals surface area contributed by atoms with E-state index in [1.807, 2.05) is 6.07 Å². The molecule has 21 heavy (non-hydrogen) atoms. The van der Waals surface area contributed by atoms with Crippen molar-refractivity contribution >= 4 is 0 Å². The smallest absolute Gasteiger partial charge is 0.0771 e. The second kappa shape index (κ2) is 7.92. The van der Waals surface area contributed by atoms with Crippen molar-refractivity contribution in [2.75, 3.05) is 13.7 Å². The Morgan fingerprint density at radius 3 is 2.52 bits per heavy atom. The summed E-state index contributed by atoms with van der Waals surface area (Å²) in [5.74, 6) is 0.813. The molecule has 3 nitrogen and oxygen atoms in total. The lowest BCUT2D eigenvalue weighted by molar-refractivity contribution is -0.00883. The molecule has 0 bridgehead atoms. The number of nitrogens with one attached hydrogen (secondary N) is 1. The molecule has 1 aromatic rings. The average Bonchev–Trinajstić information content (AvgIpc) is 2.50. The predicted molar refractivity (Wildman–Crippen MR) is 86.1 cm³/mol. The van der Waals surface area contributed by atoms with E-state index in [1.165, 1.54) is 17.5 Å². The van der Waals surface area contributed by atoms with Gasteiger partial charge in [-0.05, 0) is 42.7 Å². The molecule has 0 saturated heterocycles. The molecule has 0 heterocycles. The van der Waals surface area contributed by atoms with E-state index in [4.69, 9.17) is 4.74 Å². The standard InChI is InChI=1S/C18H29NO2/c1-3-15-8-10-18(20,11-9-15)14-19-12-16-6-4-5-7-17(16)13-21-2/h4-7,15,19-20H,3,8-14H2,1-2H3. The van der Waals surface area contributed by atoms with Crippen molar-refractivity contribution in [3.8, 4) is 0 Å². The van der Waals surface area contributed by atoms with Gasteiger partial charge >= 0.3 is 0 Å². The number of methoxy groups -OCH3 is 1. The van der Waals surface area contributed by atoms with E-state index in [0.717, 1.165) is 38.1 Å². The summed E-state index contributed by atoms with van der Waals surface area (Å²) in [6.07, 6.45) is 5.42. The summed E-state index contributed by atoms with van der Waals surface area (Å²) in [6.45, 7) is 4.37. The normalized spacial score (nSPS) is 26.0. The van der Waals surface area contributed by atoms with Crippen LogP contribution in [-0.2, 0) is 17.9 Å². The molecule has 1 fully saturated rings. The van der Waals surface area contributed by atoms with E-state index >= 15 is 0 Å². The average molecular weight is 291 g/mol. The quantitative estimate of drug-likeness (QED) is 0.810. The number of benzene rings is 1. The first-order valence-corrected chi connectivity index (χ1v) is 8.15. The third-order valence-electron chi connectivity index (χ3n) is 4.80. The Labute approximate surface area is 128 Å². The highest BCUT2D eigenvalue weighted by Gasteiger charge is 2.32. The van der Waals surface area contributed by atoms with Gasteiger partial charge in [-0.2, -0.15) is 0 Å². The molecule has 0 radical (unpaired) electrons. The number of rotatable bonds is 7. The zero-order valence-corrected chi connectivity index (χ0v) is 13.4. The van der Waals surface area contributed by atoms with Gasteiger partial charge in [-0.3, -0.25) is 0 Å². The lowest BCUT2D eigenvalue weighted by Crippen LogP contribution is -2.43. The monoisotopic (exact) mass is 291 g/mol. The molecule has 0 unspecified atom stereocenters. The molecule has 0 atom stereocenters. The van der Waals surface area contributed by atoms with Crippen LogP contribution in [0.2, 0.25) is 0 Å². The van der Waals surface area contributed by atoms with Crippen LogP contribution >= 0.6 is 0 Å². The molecule has 118 valence electrons. The summed E-state index contributed by atoms with van der Waals surface area (Å²) in [4.78, 5) is 0. The van der Waals surface area contributed by atoms with Crippen LogP contribution in [0.4, 0.5) is 0 Å². The van der Waals surface area contributed by atoms with E-state index in [1.54, 1.807) is 7.11 Å². The van der Waals surface area contributed by atoms with Crippen molar-refractivity contribution in [1.82, 2.24) is 5.32 Å². The Balaban J connectivity index is 1.81. The van der Waals surface area contributed by atoms with Crippen LogP contribution in [0, 0.1) is 5.92 Å². The van der Waals surface area contributed by atoms with Gasteiger partial charge in [0.05, 0.1) is 12.2 Å². The van der Waals surface area contributed by atoms with Crippen LogP contribution in [0.1, 0.15) is 50.2 Å². The van der Waals surface area contributed by atoms with Gasteiger partial charge in [0.15, 0.2) is 0 Å². The molecule has 3 heteroatoms.